The highest BCUT2D eigenvalue weighted by atomic mass is 127. The molecule has 0 amide bonds. The molecule has 2 N–H and O–H groups in total. The molecule has 1 unspecified atom stereocenters. The molecule has 2 aliphatic rings. The summed E-state index contributed by atoms with van der Waals surface area (Å²) in [7, 11) is 0. The standard InChI is InChI=1S/C23H30F2N6O.HI/c1-2-26-23(29-18-7-9-31(16-18)22-19(24)4-3-8-27-22)28-15-17-5-6-21(20(25)14-17)30-10-12-32-13-11-30;/h3-6,8,14,18H,2,7,9-13,15-16H2,1H3,(H2,26,28,29);1H. The summed E-state index contributed by atoms with van der Waals surface area (Å²) in [6, 6.07) is 8.44. The predicted molar refractivity (Wildman–Crippen MR) is 138 cm³/mol. The molecule has 180 valence electrons. The number of hydrogen-bond acceptors (Lipinski definition) is 5. The van der Waals surface area contributed by atoms with Crippen LogP contribution in [-0.4, -0.2) is 62.9 Å². The minimum atomic E-state index is -0.309. The van der Waals surface area contributed by atoms with Gasteiger partial charge in [0.25, 0.3) is 0 Å². The lowest BCUT2D eigenvalue weighted by molar-refractivity contribution is 0.122. The predicted octanol–water partition coefficient (Wildman–Crippen LogP) is 3.15. The Hall–Kier alpha value is -2.21. The van der Waals surface area contributed by atoms with Crippen LogP contribution in [0, 0.1) is 11.6 Å². The number of aromatic nitrogens is 1. The molecular formula is C23H31F2IN6O. The Bertz CT molecular complexity index is 941. The fraction of sp³-hybridized carbons (Fsp3) is 0.478. The van der Waals surface area contributed by atoms with Gasteiger partial charge in [0.1, 0.15) is 5.82 Å². The first-order valence-electron chi connectivity index (χ1n) is 11.2. The maximum Gasteiger partial charge on any atom is 0.191 e. The summed E-state index contributed by atoms with van der Waals surface area (Å²) < 4.78 is 34.1. The second-order valence-electron chi connectivity index (χ2n) is 7.97. The maximum absolute atomic E-state index is 14.7. The molecule has 0 radical (unpaired) electrons. The number of guanidine groups is 1. The number of morpholine rings is 1. The molecular weight excluding hydrogens is 541 g/mol. The van der Waals surface area contributed by atoms with Gasteiger partial charge in [-0.25, -0.2) is 18.8 Å². The van der Waals surface area contributed by atoms with E-state index in [4.69, 9.17) is 4.74 Å². The van der Waals surface area contributed by atoms with Crippen molar-refractivity contribution < 1.29 is 13.5 Å². The van der Waals surface area contributed by atoms with Crippen molar-refractivity contribution in [3.63, 3.8) is 0 Å². The van der Waals surface area contributed by atoms with E-state index in [0.29, 0.717) is 63.4 Å². The minimum Gasteiger partial charge on any atom is -0.378 e. The first-order valence-corrected chi connectivity index (χ1v) is 11.2. The van der Waals surface area contributed by atoms with E-state index < -0.39 is 0 Å². The van der Waals surface area contributed by atoms with E-state index >= 15 is 0 Å². The van der Waals surface area contributed by atoms with E-state index in [9.17, 15) is 8.78 Å². The third kappa shape index (κ3) is 6.66. The lowest BCUT2D eigenvalue weighted by Crippen LogP contribution is -2.44. The summed E-state index contributed by atoms with van der Waals surface area (Å²) in [6.45, 7) is 7.07. The van der Waals surface area contributed by atoms with Crippen molar-refractivity contribution in [3.8, 4) is 0 Å². The number of rotatable bonds is 6. The van der Waals surface area contributed by atoms with Gasteiger partial charge in [0, 0.05) is 45.0 Å². The summed E-state index contributed by atoms with van der Waals surface area (Å²) in [6.07, 6.45) is 2.46. The summed E-state index contributed by atoms with van der Waals surface area (Å²) >= 11 is 0. The lowest BCUT2D eigenvalue weighted by Gasteiger charge is -2.29. The van der Waals surface area contributed by atoms with Crippen LogP contribution in [-0.2, 0) is 11.3 Å². The zero-order valence-corrected chi connectivity index (χ0v) is 21.1. The van der Waals surface area contributed by atoms with Crippen molar-refractivity contribution in [1.82, 2.24) is 15.6 Å². The highest BCUT2D eigenvalue weighted by molar-refractivity contribution is 14.0. The largest absolute Gasteiger partial charge is 0.378 e. The van der Waals surface area contributed by atoms with Crippen molar-refractivity contribution in [2.24, 2.45) is 4.99 Å². The molecule has 3 heterocycles. The van der Waals surface area contributed by atoms with Crippen molar-refractivity contribution in [3.05, 3.63) is 53.7 Å². The summed E-state index contributed by atoms with van der Waals surface area (Å²) in [5.74, 6) is 0.505. The highest BCUT2D eigenvalue weighted by Crippen LogP contribution is 2.23. The molecule has 0 saturated carbocycles. The number of nitrogens with zero attached hydrogens (tertiary/aromatic N) is 4. The van der Waals surface area contributed by atoms with Crippen molar-refractivity contribution in [2.75, 3.05) is 55.7 Å². The summed E-state index contributed by atoms with van der Waals surface area (Å²) in [5, 5.41) is 6.65. The summed E-state index contributed by atoms with van der Waals surface area (Å²) in [5.41, 5.74) is 1.42. The number of pyridine rings is 1. The van der Waals surface area contributed by atoms with Gasteiger partial charge < -0.3 is 25.2 Å². The van der Waals surface area contributed by atoms with Gasteiger partial charge in [0.15, 0.2) is 17.6 Å². The Morgan fingerprint density at radius 1 is 1.15 bits per heavy atom. The number of benzene rings is 1. The molecule has 0 aliphatic carbocycles. The zero-order chi connectivity index (χ0) is 22.3. The Labute approximate surface area is 210 Å². The van der Waals surface area contributed by atoms with Crippen LogP contribution in [0.2, 0.25) is 0 Å². The van der Waals surface area contributed by atoms with Crippen molar-refractivity contribution >= 4 is 41.4 Å². The van der Waals surface area contributed by atoms with Gasteiger partial charge >= 0.3 is 0 Å². The first kappa shape index (κ1) is 25.4. The molecule has 4 rings (SSSR count). The number of halogens is 3. The van der Waals surface area contributed by atoms with E-state index in [1.54, 1.807) is 18.3 Å². The van der Waals surface area contributed by atoms with Gasteiger partial charge in [-0.2, -0.15) is 0 Å². The third-order valence-corrected chi connectivity index (χ3v) is 5.70. The quantitative estimate of drug-likeness (QED) is 0.315. The average Bonchev–Trinajstić information content (AvgIpc) is 3.27. The summed E-state index contributed by atoms with van der Waals surface area (Å²) in [4.78, 5) is 12.7. The van der Waals surface area contributed by atoms with Crippen LogP contribution in [0.3, 0.4) is 0 Å². The van der Waals surface area contributed by atoms with Crippen LogP contribution in [0.1, 0.15) is 18.9 Å². The fourth-order valence-corrected chi connectivity index (χ4v) is 4.07. The monoisotopic (exact) mass is 572 g/mol. The van der Waals surface area contributed by atoms with Crippen LogP contribution >= 0.6 is 24.0 Å². The number of aliphatic imine (C=N–C) groups is 1. The molecule has 2 aliphatic heterocycles. The molecule has 2 fully saturated rings. The second-order valence-corrected chi connectivity index (χ2v) is 7.97. The van der Waals surface area contributed by atoms with Gasteiger partial charge in [-0.05, 0) is 43.2 Å². The Balaban J connectivity index is 0.00000306. The smallest absolute Gasteiger partial charge is 0.191 e. The molecule has 2 aromatic rings. The second kappa shape index (κ2) is 12.3. The molecule has 10 heteroatoms. The van der Waals surface area contributed by atoms with Gasteiger partial charge in [0.05, 0.1) is 25.4 Å². The highest BCUT2D eigenvalue weighted by Gasteiger charge is 2.26. The zero-order valence-electron chi connectivity index (χ0n) is 18.8. The maximum atomic E-state index is 14.7. The van der Waals surface area contributed by atoms with Crippen LogP contribution in [0.15, 0.2) is 41.5 Å². The molecule has 1 aromatic carbocycles. The molecule has 0 bridgehead atoms. The van der Waals surface area contributed by atoms with Gasteiger partial charge in [-0.3, -0.25) is 0 Å². The van der Waals surface area contributed by atoms with E-state index in [0.717, 1.165) is 18.5 Å². The number of anilines is 2. The molecule has 7 nitrogen and oxygen atoms in total. The van der Waals surface area contributed by atoms with Gasteiger partial charge in [0.2, 0.25) is 0 Å². The Morgan fingerprint density at radius 3 is 2.70 bits per heavy atom. The average molecular weight is 572 g/mol. The van der Waals surface area contributed by atoms with Crippen LogP contribution < -0.4 is 20.4 Å². The van der Waals surface area contributed by atoms with Gasteiger partial charge in [-0.15, -0.1) is 24.0 Å². The Morgan fingerprint density at radius 2 is 1.97 bits per heavy atom. The van der Waals surface area contributed by atoms with Crippen LogP contribution in [0.25, 0.3) is 0 Å². The van der Waals surface area contributed by atoms with E-state index in [1.165, 1.54) is 6.07 Å². The minimum absolute atomic E-state index is 0. The van der Waals surface area contributed by atoms with E-state index in [2.05, 4.69) is 20.6 Å². The fourth-order valence-electron chi connectivity index (χ4n) is 4.07. The van der Waals surface area contributed by atoms with Gasteiger partial charge in [-0.1, -0.05) is 6.07 Å². The SMILES string of the molecule is CCNC(=NCc1ccc(N2CCOCC2)c(F)c1)NC1CCN(c2ncccc2F)C1.I. The third-order valence-electron chi connectivity index (χ3n) is 5.70. The molecule has 1 aromatic heterocycles. The van der Waals surface area contributed by atoms with Crippen LogP contribution in [0.4, 0.5) is 20.3 Å². The number of nitrogens with one attached hydrogen (secondary N) is 2. The van der Waals surface area contributed by atoms with Crippen LogP contribution in [0.5, 0.6) is 0 Å². The van der Waals surface area contributed by atoms with E-state index in [-0.39, 0.29) is 41.7 Å². The van der Waals surface area contributed by atoms with E-state index in [1.807, 2.05) is 28.9 Å². The molecule has 33 heavy (non-hydrogen) atoms. The molecule has 1 atom stereocenters. The van der Waals surface area contributed by atoms with Crippen molar-refractivity contribution in [1.29, 1.82) is 0 Å². The molecule has 2 saturated heterocycles. The Kier molecular flexibility index (Phi) is 9.48. The number of ether oxygens (including phenoxy) is 1. The lowest BCUT2D eigenvalue weighted by atomic mass is 10.1. The normalized spacial score (nSPS) is 18.8. The first-order chi connectivity index (χ1) is 15.6. The van der Waals surface area contributed by atoms with Crippen molar-refractivity contribution in [2.45, 2.75) is 25.9 Å². The number of hydrogen-bond donors (Lipinski definition) is 2. The molecule has 0 spiro atoms. The topological polar surface area (TPSA) is 65.0 Å².